The molecule has 2 amide bonds. The van der Waals surface area contributed by atoms with Gasteiger partial charge in [0.05, 0.1) is 0 Å². The van der Waals surface area contributed by atoms with E-state index in [-0.39, 0.29) is 11.8 Å². The van der Waals surface area contributed by atoms with Crippen molar-refractivity contribution in [2.24, 2.45) is 0 Å². The Balaban J connectivity index is 1.80. The molecule has 136 valence electrons. The summed E-state index contributed by atoms with van der Waals surface area (Å²) in [7, 11) is 0. The minimum atomic E-state index is -0.196. The molecule has 0 bridgehead atoms. The van der Waals surface area contributed by atoms with Crippen molar-refractivity contribution in [3.63, 3.8) is 0 Å². The molecule has 4 heteroatoms. The van der Waals surface area contributed by atoms with Gasteiger partial charge < -0.3 is 10.2 Å². The number of benzene rings is 3. The molecular formula is C23H22N2O2. The van der Waals surface area contributed by atoms with Crippen molar-refractivity contribution >= 4 is 23.2 Å². The molecule has 3 aromatic rings. The third-order valence-electron chi connectivity index (χ3n) is 4.28. The smallest absolute Gasteiger partial charge is 0.258 e. The number of nitrogens with one attached hydrogen (secondary N) is 1. The van der Waals surface area contributed by atoms with E-state index in [1.807, 2.05) is 62.4 Å². The molecule has 4 nitrogen and oxygen atoms in total. The molecular weight excluding hydrogens is 336 g/mol. The first-order valence-electron chi connectivity index (χ1n) is 8.93. The molecule has 0 saturated heterocycles. The largest absolute Gasteiger partial charge is 0.322 e. The Morgan fingerprint density at radius 1 is 0.852 bits per heavy atom. The molecule has 27 heavy (non-hydrogen) atoms. The summed E-state index contributed by atoms with van der Waals surface area (Å²) in [5, 5.41) is 2.87. The van der Waals surface area contributed by atoms with Gasteiger partial charge in [-0.3, -0.25) is 9.59 Å². The second kappa shape index (κ2) is 8.32. The minimum absolute atomic E-state index is 0.102. The molecule has 3 aromatic carbocycles. The van der Waals surface area contributed by atoms with E-state index >= 15 is 0 Å². The normalized spacial score (nSPS) is 10.3. The van der Waals surface area contributed by atoms with Crippen LogP contribution in [0, 0.1) is 6.92 Å². The maximum absolute atomic E-state index is 12.9. The van der Waals surface area contributed by atoms with Crippen LogP contribution >= 0.6 is 0 Å². The van der Waals surface area contributed by atoms with E-state index in [9.17, 15) is 9.59 Å². The molecule has 0 atom stereocenters. The van der Waals surface area contributed by atoms with Crippen LogP contribution in [0.25, 0.3) is 0 Å². The summed E-state index contributed by atoms with van der Waals surface area (Å²) in [5.74, 6) is -0.297. The molecule has 0 heterocycles. The summed E-state index contributed by atoms with van der Waals surface area (Å²) in [6, 6.07) is 24.0. The Labute approximate surface area is 159 Å². The molecule has 0 saturated carbocycles. The van der Waals surface area contributed by atoms with Crippen molar-refractivity contribution in [2.45, 2.75) is 13.8 Å². The van der Waals surface area contributed by atoms with Gasteiger partial charge in [0.15, 0.2) is 0 Å². The summed E-state index contributed by atoms with van der Waals surface area (Å²) in [6.45, 7) is 4.44. The number of carbonyl (C=O) groups excluding carboxylic acids is 2. The Hall–Kier alpha value is -3.40. The lowest BCUT2D eigenvalue weighted by atomic mass is 10.1. The number of nitrogens with zero attached hydrogens (tertiary/aromatic N) is 1. The lowest BCUT2D eigenvalue weighted by molar-refractivity contribution is 0.0985. The zero-order chi connectivity index (χ0) is 19.2. The summed E-state index contributed by atoms with van der Waals surface area (Å²) in [5.41, 5.74) is 3.58. The summed E-state index contributed by atoms with van der Waals surface area (Å²) < 4.78 is 0. The summed E-state index contributed by atoms with van der Waals surface area (Å²) in [4.78, 5) is 27.1. The van der Waals surface area contributed by atoms with Crippen LogP contribution in [0.2, 0.25) is 0 Å². The van der Waals surface area contributed by atoms with E-state index in [1.54, 1.807) is 35.2 Å². The first-order chi connectivity index (χ1) is 13.1. The Morgan fingerprint density at radius 3 is 2.26 bits per heavy atom. The van der Waals surface area contributed by atoms with Crippen molar-refractivity contribution in [2.75, 3.05) is 16.8 Å². The predicted octanol–water partition coefficient (Wildman–Crippen LogP) is 4.91. The van der Waals surface area contributed by atoms with E-state index in [4.69, 9.17) is 0 Å². The van der Waals surface area contributed by atoms with Gasteiger partial charge in [-0.05, 0) is 56.3 Å². The molecule has 0 aliphatic carbocycles. The molecule has 0 aromatic heterocycles. The second-order valence-corrected chi connectivity index (χ2v) is 6.29. The number of rotatable bonds is 5. The fraction of sp³-hybridized carbons (Fsp3) is 0.130. The third kappa shape index (κ3) is 4.42. The molecule has 3 rings (SSSR count). The van der Waals surface area contributed by atoms with Gasteiger partial charge in [0, 0.05) is 29.0 Å². The third-order valence-corrected chi connectivity index (χ3v) is 4.28. The van der Waals surface area contributed by atoms with Crippen LogP contribution in [-0.2, 0) is 0 Å². The van der Waals surface area contributed by atoms with Crippen LogP contribution in [-0.4, -0.2) is 18.4 Å². The number of hydrogen-bond donors (Lipinski definition) is 1. The first-order valence-corrected chi connectivity index (χ1v) is 8.93. The topological polar surface area (TPSA) is 49.4 Å². The number of carbonyl (C=O) groups is 2. The number of para-hydroxylation sites is 1. The van der Waals surface area contributed by atoms with Gasteiger partial charge in [-0.15, -0.1) is 0 Å². The Kier molecular flexibility index (Phi) is 5.67. The molecule has 0 radical (unpaired) electrons. The number of hydrogen-bond acceptors (Lipinski definition) is 2. The maximum Gasteiger partial charge on any atom is 0.258 e. The highest BCUT2D eigenvalue weighted by Gasteiger charge is 2.16. The van der Waals surface area contributed by atoms with Gasteiger partial charge in [-0.2, -0.15) is 0 Å². The van der Waals surface area contributed by atoms with Crippen molar-refractivity contribution in [3.8, 4) is 0 Å². The monoisotopic (exact) mass is 358 g/mol. The van der Waals surface area contributed by atoms with E-state index in [1.165, 1.54) is 0 Å². The Bertz CT molecular complexity index is 951. The van der Waals surface area contributed by atoms with E-state index in [0.717, 1.165) is 11.3 Å². The van der Waals surface area contributed by atoms with Crippen molar-refractivity contribution in [1.82, 2.24) is 0 Å². The zero-order valence-corrected chi connectivity index (χ0v) is 15.5. The molecule has 0 aliphatic rings. The van der Waals surface area contributed by atoms with Gasteiger partial charge >= 0.3 is 0 Å². The van der Waals surface area contributed by atoms with Crippen LogP contribution < -0.4 is 10.2 Å². The summed E-state index contributed by atoms with van der Waals surface area (Å²) in [6.07, 6.45) is 0. The second-order valence-electron chi connectivity index (χ2n) is 6.29. The lowest BCUT2D eigenvalue weighted by Crippen LogP contribution is -2.30. The van der Waals surface area contributed by atoms with E-state index < -0.39 is 0 Å². The van der Waals surface area contributed by atoms with Crippen molar-refractivity contribution in [1.29, 1.82) is 0 Å². The quantitative estimate of drug-likeness (QED) is 0.704. The highest BCUT2D eigenvalue weighted by Crippen LogP contribution is 2.19. The average molecular weight is 358 g/mol. The molecule has 0 fully saturated rings. The van der Waals surface area contributed by atoms with Crippen LogP contribution in [0.4, 0.5) is 11.4 Å². The van der Waals surface area contributed by atoms with Crippen molar-refractivity contribution in [3.05, 3.63) is 95.6 Å². The van der Waals surface area contributed by atoms with Crippen LogP contribution in [0.15, 0.2) is 78.9 Å². The molecule has 0 aliphatic heterocycles. The average Bonchev–Trinajstić information content (AvgIpc) is 2.69. The molecule has 0 unspecified atom stereocenters. The Morgan fingerprint density at radius 2 is 1.56 bits per heavy atom. The fourth-order valence-corrected chi connectivity index (χ4v) is 2.93. The van der Waals surface area contributed by atoms with E-state index in [2.05, 4.69) is 5.32 Å². The first kappa shape index (κ1) is 18.4. The fourth-order valence-electron chi connectivity index (χ4n) is 2.93. The number of anilines is 2. The highest BCUT2D eigenvalue weighted by atomic mass is 16.2. The van der Waals surface area contributed by atoms with Crippen LogP contribution in [0.3, 0.4) is 0 Å². The molecule has 1 N–H and O–H groups in total. The number of amides is 2. The molecule has 0 spiro atoms. The number of aryl methyl sites for hydroxylation is 1. The lowest BCUT2D eigenvalue weighted by Gasteiger charge is -2.21. The predicted molar refractivity (Wildman–Crippen MR) is 109 cm³/mol. The minimum Gasteiger partial charge on any atom is -0.322 e. The van der Waals surface area contributed by atoms with Crippen LogP contribution in [0.1, 0.15) is 33.2 Å². The zero-order valence-electron chi connectivity index (χ0n) is 15.5. The van der Waals surface area contributed by atoms with Gasteiger partial charge in [-0.25, -0.2) is 0 Å². The van der Waals surface area contributed by atoms with Crippen molar-refractivity contribution < 1.29 is 9.59 Å². The van der Waals surface area contributed by atoms with Gasteiger partial charge in [0.2, 0.25) is 0 Å². The standard InChI is InChI=1S/C23H22N2O2/c1-3-25(21-13-5-4-6-14-21)23(27)19-11-8-12-20(16-19)24-22(26)18-10-7-9-17(2)15-18/h4-16H,3H2,1-2H3,(H,24,26). The van der Waals surface area contributed by atoms with Gasteiger partial charge in [0.1, 0.15) is 0 Å². The van der Waals surface area contributed by atoms with Gasteiger partial charge in [-0.1, -0.05) is 42.0 Å². The highest BCUT2D eigenvalue weighted by molar-refractivity contribution is 6.08. The maximum atomic E-state index is 12.9. The SMILES string of the molecule is CCN(C(=O)c1cccc(NC(=O)c2cccc(C)c2)c1)c1ccccc1. The summed E-state index contributed by atoms with van der Waals surface area (Å²) >= 11 is 0. The van der Waals surface area contributed by atoms with Gasteiger partial charge in [0.25, 0.3) is 11.8 Å². The van der Waals surface area contributed by atoms with E-state index in [0.29, 0.717) is 23.4 Å². The van der Waals surface area contributed by atoms with Crippen LogP contribution in [0.5, 0.6) is 0 Å².